The van der Waals surface area contributed by atoms with Gasteiger partial charge in [0.1, 0.15) is 0 Å². The summed E-state index contributed by atoms with van der Waals surface area (Å²) in [4.78, 5) is 30.4. The van der Waals surface area contributed by atoms with Gasteiger partial charge in [0.15, 0.2) is 11.5 Å². The normalized spacial score (nSPS) is 13.9. The number of benzene rings is 2. The average molecular weight is 483 g/mol. The van der Waals surface area contributed by atoms with E-state index in [2.05, 4.69) is 6.92 Å². The number of amides is 2. The Hall–Kier alpha value is -3.22. The van der Waals surface area contributed by atoms with E-state index in [1.807, 2.05) is 60.9 Å². The zero-order valence-corrected chi connectivity index (χ0v) is 21.4. The molecule has 0 N–H and O–H groups in total. The van der Waals surface area contributed by atoms with Crippen molar-refractivity contribution >= 4 is 11.8 Å². The summed E-state index contributed by atoms with van der Waals surface area (Å²) in [7, 11) is 0. The van der Waals surface area contributed by atoms with E-state index < -0.39 is 0 Å². The maximum absolute atomic E-state index is 13.7. The number of carbonyl (C=O) groups excluding carboxylic acids is 2. The fourth-order valence-corrected chi connectivity index (χ4v) is 4.51. The molecule has 0 radical (unpaired) electrons. The molecule has 1 heterocycles. The van der Waals surface area contributed by atoms with E-state index in [-0.39, 0.29) is 17.9 Å². The van der Waals surface area contributed by atoms with Gasteiger partial charge in [0.25, 0.3) is 11.8 Å². The minimum Gasteiger partial charge on any atom is -0.490 e. The van der Waals surface area contributed by atoms with Crippen molar-refractivity contribution in [3.63, 3.8) is 0 Å². The predicted octanol–water partition coefficient (Wildman–Crippen LogP) is 5.04. The summed E-state index contributed by atoms with van der Waals surface area (Å²) in [5.41, 5.74) is 1.23. The molecule has 0 aromatic heterocycles. The van der Waals surface area contributed by atoms with Gasteiger partial charge in [0.05, 0.1) is 19.8 Å². The highest BCUT2D eigenvalue weighted by Crippen LogP contribution is 2.39. The number of rotatable bonds is 11. The van der Waals surface area contributed by atoms with Crippen molar-refractivity contribution in [3.8, 4) is 17.2 Å². The van der Waals surface area contributed by atoms with Crippen LogP contribution in [0.25, 0.3) is 0 Å². The van der Waals surface area contributed by atoms with Gasteiger partial charge < -0.3 is 24.0 Å². The second kappa shape index (κ2) is 13.0. The highest BCUT2D eigenvalue weighted by Gasteiger charge is 2.31. The summed E-state index contributed by atoms with van der Waals surface area (Å²) >= 11 is 0. The molecule has 0 aliphatic carbocycles. The Morgan fingerprint density at radius 1 is 0.857 bits per heavy atom. The Bertz CT molecular complexity index is 944. The van der Waals surface area contributed by atoms with Crippen molar-refractivity contribution < 1.29 is 23.8 Å². The lowest BCUT2D eigenvalue weighted by Gasteiger charge is -2.38. The van der Waals surface area contributed by atoms with Crippen LogP contribution in [0.1, 0.15) is 67.7 Å². The molecule has 1 aliphatic heterocycles. The zero-order valence-electron chi connectivity index (χ0n) is 21.4. The third kappa shape index (κ3) is 6.47. The molecule has 0 saturated carbocycles. The number of nitrogens with zero attached hydrogens (tertiary/aromatic N) is 2. The Morgan fingerprint density at radius 3 is 1.94 bits per heavy atom. The number of likely N-dealkylation sites (tertiary alicyclic amines) is 1. The van der Waals surface area contributed by atoms with Crippen LogP contribution < -0.4 is 14.2 Å². The van der Waals surface area contributed by atoms with Gasteiger partial charge >= 0.3 is 0 Å². The summed E-state index contributed by atoms with van der Waals surface area (Å²) in [5, 5.41) is 0. The van der Waals surface area contributed by atoms with E-state index in [0.717, 1.165) is 19.3 Å². The lowest BCUT2D eigenvalue weighted by molar-refractivity contribution is 0.0518. The number of carbonyl (C=O) groups is 2. The summed E-state index contributed by atoms with van der Waals surface area (Å²) in [6, 6.07) is 13.0. The van der Waals surface area contributed by atoms with E-state index in [1.165, 1.54) is 0 Å². The van der Waals surface area contributed by atoms with Crippen LogP contribution in [0, 0.1) is 0 Å². The van der Waals surface area contributed by atoms with Crippen LogP contribution in [0.15, 0.2) is 42.5 Å². The molecule has 1 aliphatic rings. The molecular weight excluding hydrogens is 444 g/mol. The molecule has 0 unspecified atom stereocenters. The molecule has 190 valence electrons. The first-order chi connectivity index (χ1) is 17.0. The topological polar surface area (TPSA) is 68.3 Å². The third-order valence-corrected chi connectivity index (χ3v) is 6.09. The molecule has 2 aromatic carbocycles. The quantitative estimate of drug-likeness (QED) is 0.449. The van der Waals surface area contributed by atoms with E-state index >= 15 is 0 Å². The first-order valence-corrected chi connectivity index (χ1v) is 12.8. The first kappa shape index (κ1) is 26.4. The third-order valence-electron chi connectivity index (χ3n) is 6.09. The van der Waals surface area contributed by atoms with E-state index in [4.69, 9.17) is 14.2 Å². The van der Waals surface area contributed by atoms with Crippen molar-refractivity contribution in [2.75, 3.05) is 39.5 Å². The molecule has 0 spiro atoms. The van der Waals surface area contributed by atoms with Gasteiger partial charge in [-0.25, -0.2) is 0 Å². The van der Waals surface area contributed by atoms with Crippen LogP contribution in [-0.2, 0) is 0 Å². The van der Waals surface area contributed by atoms with Gasteiger partial charge in [0, 0.05) is 36.8 Å². The molecule has 35 heavy (non-hydrogen) atoms. The lowest BCUT2D eigenvalue weighted by atomic mass is 10.0. The predicted molar refractivity (Wildman–Crippen MR) is 137 cm³/mol. The Labute approximate surface area is 209 Å². The van der Waals surface area contributed by atoms with Crippen LogP contribution in [-0.4, -0.2) is 67.1 Å². The van der Waals surface area contributed by atoms with Gasteiger partial charge in [0.2, 0.25) is 5.75 Å². The fraction of sp³-hybridized carbons (Fsp3) is 0.500. The van der Waals surface area contributed by atoms with Crippen molar-refractivity contribution in [1.82, 2.24) is 9.80 Å². The summed E-state index contributed by atoms with van der Waals surface area (Å²) < 4.78 is 17.4. The first-order valence-electron chi connectivity index (χ1n) is 12.8. The number of hydrogen-bond donors (Lipinski definition) is 0. The van der Waals surface area contributed by atoms with Crippen LogP contribution in [0.4, 0.5) is 0 Å². The lowest BCUT2D eigenvalue weighted by Crippen LogP contribution is -2.49. The molecule has 2 aromatic rings. The molecule has 7 nitrogen and oxygen atoms in total. The van der Waals surface area contributed by atoms with Crippen LogP contribution in [0.3, 0.4) is 0 Å². The molecule has 2 amide bonds. The minimum absolute atomic E-state index is 0.0478. The number of hydrogen-bond acceptors (Lipinski definition) is 5. The summed E-state index contributed by atoms with van der Waals surface area (Å²) in [6.07, 6.45) is 2.35. The molecular formula is C28H38N2O5. The monoisotopic (exact) mass is 482 g/mol. The average Bonchev–Trinajstić information content (AvgIpc) is 2.89. The highest BCUT2D eigenvalue weighted by atomic mass is 16.5. The fourth-order valence-electron chi connectivity index (χ4n) is 4.51. The van der Waals surface area contributed by atoms with Crippen molar-refractivity contribution in [2.24, 2.45) is 0 Å². The second-order valence-electron chi connectivity index (χ2n) is 8.49. The molecule has 1 fully saturated rings. The molecule has 7 heteroatoms. The maximum Gasteiger partial charge on any atom is 0.254 e. The van der Waals surface area contributed by atoms with E-state index in [0.29, 0.717) is 67.8 Å². The van der Waals surface area contributed by atoms with Crippen molar-refractivity contribution in [3.05, 3.63) is 53.6 Å². The van der Waals surface area contributed by atoms with Crippen LogP contribution in [0.2, 0.25) is 0 Å². The minimum atomic E-state index is -0.0513. The van der Waals surface area contributed by atoms with E-state index in [9.17, 15) is 9.59 Å². The van der Waals surface area contributed by atoms with Gasteiger partial charge in [-0.1, -0.05) is 25.1 Å². The van der Waals surface area contributed by atoms with Crippen molar-refractivity contribution in [2.45, 2.75) is 53.0 Å². The van der Waals surface area contributed by atoms with Crippen LogP contribution >= 0.6 is 0 Å². The Kier molecular flexibility index (Phi) is 9.82. The summed E-state index contributed by atoms with van der Waals surface area (Å²) in [6.45, 7) is 11.1. The largest absolute Gasteiger partial charge is 0.490 e. The Morgan fingerprint density at radius 2 is 1.43 bits per heavy atom. The van der Waals surface area contributed by atoms with E-state index in [1.54, 1.807) is 12.1 Å². The number of ether oxygens (including phenoxy) is 3. The Balaban J connectivity index is 1.80. The molecule has 3 rings (SSSR count). The smallest absolute Gasteiger partial charge is 0.254 e. The standard InChI is InChI=1S/C28H38N2O5/c1-5-16-30(23-14-17-29(18-15-23)27(31)21-12-10-9-11-13-21)28(32)22-19-24(33-6-2)26(35-8-4)25(20-22)34-7-3/h9-13,19-20,23H,5-8,14-18H2,1-4H3. The number of piperidine rings is 1. The van der Waals surface area contributed by atoms with Crippen molar-refractivity contribution in [1.29, 1.82) is 0 Å². The maximum atomic E-state index is 13.7. The zero-order chi connectivity index (χ0) is 25.2. The van der Waals surface area contributed by atoms with Gasteiger partial charge in [-0.15, -0.1) is 0 Å². The molecule has 0 bridgehead atoms. The van der Waals surface area contributed by atoms with Gasteiger partial charge in [-0.05, 0) is 64.3 Å². The van der Waals surface area contributed by atoms with Crippen LogP contribution in [0.5, 0.6) is 17.2 Å². The van der Waals surface area contributed by atoms with Gasteiger partial charge in [-0.3, -0.25) is 9.59 Å². The second-order valence-corrected chi connectivity index (χ2v) is 8.49. The highest BCUT2D eigenvalue weighted by molar-refractivity contribution is 5.96. The molecule has 1 saturated heterocycles. The SMILES string of the molecule is CCCN(C(=O)c1cc(OCC)c(OCC)c(OCC)c1)C1CCN(C(=O)c2ccccc2)CC1. The van der Waals surface area contributed by atoms with Gasteiger partial charge in [-0.2, -0.15) is 0 Å². The summed E-state index contributed by atoms with van der Waals surface area (Å²) in [5.74, 6) is 1.56. The molecule has 0 atom stereocenters.